The molecule has 2 heteroatoms. The van der Waals surface area contributed by atoms with Gasteiger partial charge in [-0.1, -0.05) is 12.1 Å². The molecule has 2 rings (SSSR count). The minimum Gasteiger partial charge on any atom is -0.316 e. The van der Waals surface area contributed by atoms with Crippen LogP contribution < -0.4 is 5.32 Å². The van der Waals surface area contributed by atoms with E-state index in [9.17, 15) is 0 Å². The predicted octanol–water partition coefficient (Wildman–Crippen LogP) is 2.88. The Hall–Kier alpha value is -1.33. The third kappa shape index (κ3) is 3.87. The number of hydrogen-bond acceptors (Lipinski definition) is 2. The molecule has 0 unspecified atom stereocenters. The van der Waals surface area contributed by atoms with Crippen LogP contribution in [0.1, 0.15) is 36.8 Å². The molecule has 0 radical (unpaired) electrons. The first kappa shape index (κ1) is 12.1. The van der Waals surface area contributed by atoms with Gasteiger partial charge in [-0.15, -0.1) is 0 Å². The largest absolute Gasteiger partial charge is 0.316 e. The van der Waals surface area contributed by atoms with E-state index in [1.165, 1.54) is 44.3 Å². The van der Waals surface area contributed by atoms with E-state index in [4.69, 9.17) is 5.26 Å². The predicted molar refractivity (Wildman–Crippen MR) is 69.7 cm³/mol. The second-order valence-electron chi connectivity index (χ2n) is 4.92. The average molecular weight is 228 g/mol. The molecule has 0 aliphatic carbocycles. The van der Waals surface area contributed by atoms with E-state index in [0.29, 0.717) is 0 Å². The summed E-state index contributed by atoms with van der Waals surface area (Å²) >= 11 is 0. The lowest BCUT2D eigenvalue weighted by Gasteiger charge is -2.22. The van der Waals surface area contributed by atoms with Gasteiger partial charge in [0.1, 0.15) is 0 Å². The van der Waals surface area contributed by atoms with E-state index in [0.717, 1.165) is 17.9 Å². The van der Waals surface area contributed by atoms with Crippen LogP contribution in [-0.2, 0) is 6.42 Å². The standard InChI is InChI=1S/C15H20N2/c16-11-15-7-2-5-13(10-15)4-1-6-14-8-3-9-17-12-14/h2,5,7,10,14,17H,1,3-4,6,8-9,12H2/t14-/m1/s1. The van der Waals surface area contributed by atoms with Gasteiger partial charge in [0.25, 0.3) is 0 Å². The minimum atomic E-state index is 0.779. The van der Waals surface area contributed by atoms with Crippen molar-refractivity contribution in [2.45, 2.75) is 32.1 Å². The highest BCUT2D eigenvalue weighted by atomic mass is 14.9. The summed E-state index contributed by atoms with van der Waals surface area (Å²) < 4.78 is 0. The summed E-state index contributed by atoms with van der Waals surface area (Å²) in [6, 6.07) is 10.2. The average Bonchev–Trinajstić information content (AvgIpc) is 2.40. The summed E-state index contributed by atoms with van der Waals surface area (Å²) in [5.41, 5.74) is 2.08. The fraction of sp³-hybridized carbons (Fsp3) is 0.533. The lowest BCUT2D eigenvalue weighted by molar-refractivity contribution is 0.351. The Balaban J connectivity index is 1.75. The third-order valence-electron chi connectivity index (χ3n) is 3.53. The Labute approximate surface area is 104 Å². The highest BCUT2D eigenvalue weighted by molar-refractivity contribution is 5.32. The highest BCUT2D eigenvalue weighted by Crippen LogP contribution is 2.17. The van der Waals surface area contributed by atoms with E-state index in [1.807, 2.05) is 18.2 Å². The summed E-state index contributed by atoms with van der Waals surface area (Å²) in [6.07, 6.45) is 6.36. The second kappa shape index (κ2) is 6.42. The zero-order valence-corrected chi connectivity index (χ0v) is 10.3. The van der Waals surface area contributed by atoms with Crippen molar-refractivity contribution in [1.82, 2.24) is 5.32 Å². The van der Waals surface area contributed by atoms with Gasteiger partial charge in [-0.25, -0.2) is 0 Å². The molecule has 1 atom stereocenters. The molecule has 0 amide bonds. The Morgan fingerprint density at radius 3 is 3.12 bits per heavy atom. The van der Waals surface area contributed by atoms with Crippen molar-refractivity contribution in [3.63, 3.8) is 0 Å². The molecule has 0 bridgehead atoms. The molecule has 1 aliphatic heterocycles. The molecule has 1 heterocycles. The van der Waals surface area contributed by atoms with Crippen LogP contribution in [0.5, 0.6) is 0 Å². The van der Waals surface area contributed by atoms with Gasteiger partial charge >= 0.3 is 0 Å². The van der Waals surface area contributed by atoms with Crippen LogP contribution in [0.4, 0.5) is 0 Å². The van der Waals surface area contributed by atoms with Gasteiger partial charge in [-0.3, -0.25) is 0 Å². The van der Waals surface area contributed by atoms with Crippen molar-refractivity contribution < 1.29 is 0 Å². The van der Waals surface area contributed by atoms with Crippen LogP contribution in [0.25, 0.3) is 0 Å². The van der Waals surface area contributed by atoms with E-state index in [1.54, 1.807) is 0 Å². The van der Waals surface area contributed by atoms with Gasteiger partial charge in [0, 0.05) is 0 Å². The molecule has 1 aromatic rings. The van der Waals surface area contributed by atoms with E-state index in [2.05, 4.69) is 17.5 Å². The van der Waals surface area contributed by atoms with Crippen LogP contribution >= 0.6 is 0 Å². The summed E-state index contributed by atoms with van der Waals surface area (Å²) in [6.45, 7) is 2.39. The smallest absolute Gasteiger partial charge is 0.0991 e. The van der Waals surface area contributed by atoms with Gasteiger partial charge in [0.15, 0.2) is 0 Å². The van der Waals surface area contributed by atoms with Gasteiger partial charge in [0.2, 0.25) is 0 Å². The number of benzene rings is 1. The Bertz CT molecular complexity index is 386. The molecule has 0 spiro atoms. The molecule has 1 saturated heterocycles. The number of rotatable bonds is 4. The maximum absolute atomic E-state index is 8.83. The van der Waals surface area contributed by atoms with Crippen molar-refractivity contribution in [2.24, 2.45) is 5.92 Å². The molecule has 17 heavy (non-hydrogen) atoms. The van der Waals surface area contributed by atoms with Crippen molar-refractivity contribution >= 4 is 0 Å². The number of nitrogens with one attached hydrogen (secondary N) is 1. The molecule has 0 saturated carbocycles. The molecular weight excluding hydrogens is 208 g/mol. The molecule has 1 fully saturated rings. The summed E-state index contributed by atoms with van der Waals surface area (Å²) in [5, 5.41) is 12.3. The van der Waals surface area contributed by atoms with E-state index >= 15 is 0 Å². The minimum absolute atomic E-state index is 0.779. The monoisotopic (exact) mass is 228 g/mol. The van der Waals surface area contributed by atoms with Crippen molar-refractivity contribution in [3.8, 4) is 6.07 Å². The van der Waals surface area contributed by atoms with E-state index in [-0.39, 0.29) is 0 Å². The lowest BCUT2D eigenvalue weighted by atomic mass is 9.93. The molecule has 1 aromatic carbocycles. The normalized spacial score (nSPS) is 19.8. The third-order valence-corrected chi connectivity index (χ3v) is 3.53. The molecular formula is C15H20N2. The zero-order valence-electron chi connectivity index (χ0n) is 10.3. The van der Waals surface area contributed by atoms with Crippen LogP contribution in [0.15, 0.2) is 24.3 Å². The zero-order chi connectivity index (χ0) is 11.9. The van der Waals surface area contributed by atoms with Crippen LogP contribution in [0.2, 0.25) is 0 Å². The quantitative estimate of drug-likeness (QED) is 0.860. The molecule has 0 aromatic heterocycles. The first-order chi connectivity index (χ1) is 8.38. The lowest BCUT2D eigenvalue weighted by Crippen LogP contribution is -2.29. The van der Waals surface area contributed by atoms with Crippen molar-refractivity contribution in [1.29, 1.82) is 5.26 Å². The summed E-state index contributed by atoms with van der Waals surface area (Å²) in [5.74, 6) is 0.864. The van der Waals surface area contributed by atoms with Gasteiger partial charge in [-0.2, -0.15) is 5.26 Å². The van der Waals surface area contributed by atoms with Crippen molar-refractivity contribution in [2.75, 3.05) is 13.1 Å². The molecule has 1 aliphatic rings. The number of hydrogen-bond donors (Lipinski definition) is 1. The molecule has 90 valence electrons. The van der Waals surface area contributed by atoms with Crippen LogP contribution in [0, 0.1) is 17.2 Å². The SMILES string of the molecule is N#Cc1cccc(CCC[C@@H]2CCCNC2)c1. The highest BCUT2D eigenvalue weighted by Gasteiger charge is 2.12. The molecule has 1 N–H and O–H groups in total. The fourth-order valence-corrected chi connectivity index (χ4v) is 2.56. The Morgan fingerprint density at radius 1 is 1.41 bits per heavy atom. The van der Waals surface area contributed by atoms with Crippen molar-refractivity contribution in [3.05, 3.63) is 35.4 Å². The first-order valence-electron chi connectivity index (χ1n) is 6.58. The fourth-order valence-electron chi connectivity index (χ4n) is 2.56. The maximum atomic E-state index is 8.83. The van der Waals surface area contributed by atoms with E-state index < -0.39 is 0 Å². The number of nitriles is 1. The Kier molecular flexibility index (Phi) is 4.58. The number of aryl methyl sites for hydroxylation is 1. The number of nitrogens with zero attached hydrogens (tertiary/aromatic N) is 1. The second-order valence-corrected chi connectivity index (χ2v) is 4.92. The Morgan fingerprint density at radius 2 is 2.35 bits per heavy atom. The summed E-state index contributed by atoms with van der Waals surface area (Å²) in [7, 11) is 0. The van der Waals surface area contributed by atoms with Crippen LogP contribution in [-0.4, -0.2) is 13.1 Å². The maximum Gasteiger partial charge on any atom is 0.0991 e. The topological polar surface area (TPSA) is 35.8 Å². The number of piperidine rings is 1. The molecule has 2 nitrogen and oxygen atoms in total. The van der Waals surface area contributed by atoms with Gasteiger partial charge in [0.05, 0.1) is 11.6 Å². The van der Waals surface area contributed by atoms with Gasteiger partial charge in [-0.05, 0) is 68.8 Å². The summed E-state index contributed by atoms with van der Waals surface area (Å²) in [4.78, 5) is 0. The first-order valence-corrected chi connectivity index (χ1v) is 6.58. The van der Waals surface area contributed by atoms with Gasteiger partial charge < -0.3 is 5.32 Å². The van der Waals surface area contributed by atoms with Crippen LogP contribution in [0.3, 0.4) is 0 Å².